The van der Waals surface area contributed by atoms with Gasteiger partial charge in [0.15, 0.2) is 0 Å². The molecule has 3 atom stereocenters. The molecular formula is C15H23NO. The summed E-state index contributed by atoms with van der Waals surface area (Å²) in [5, 5.41) is 3.70. The summed E-state index contributed by atoms with van der Waals surface area (Å²) in [7, 11) is 1.71. The van der Waals surface area contributed by atoms with E-state index in [0.29, 0.717) is 6.04 Å². The molecule has 1 aromatic carbocycles. The van der Waals surface area contributed by atoms with Crippen molar-refractivity contribution in [3.63, 3.8) is 0 Å². The maximum atomic E-state index is 5.16. The van der Waals surface area contributed by atoms with Crippen LogP contribution < -0.4 is 10.1 Å². The molecule has 3 unspecified atom stereocenters. The Bertz CT molecular complexity index is 346. The van der Waals surface area contributed by atoms with Crippen LogP contribution in [0.25, 0.3) is 0 Å². The zero-order chi connectivity index (χ0) is 12.3. The van der Waals surface area contributed by atoms with E-state index < -0.39 is 0 Å². The molecule has 1 saturated carbocycles. The Hall–Kier alpha value is -1.02. The van der Waals surface area contributed by atoms with Crippen LogP contribution >= 0.6 is 0 Å². The Kier molecular flexibility index (Phi) is 4.06. The standard InChI is InChI=1S/C15H23NO/c1-4-13-10-15(13)16-11(2)9-12-5-7-14(17-3)8-6-12/h5-8,11,13,15-16H,4,9-10H2,1-3H3. The Labute approximate surface area is 104 Å². The van der Waals surface area contributed by atoms with Crippen LogP contribution in [0, 0.1) is 5.92 Å². The van der Waals surface area contributed by atoms with E-state index in [9.17, 15) is 0 Å². The molecule has 1 N–H and O–H groups in total. The van der Waals surface area contributed by atoms with Gasteiger partial charge in [0.05, 0.1) is 7.11 Å². The summed E-state index contributed by atoms with van der Waals surface area (Å²) in [4.78, 5) is 0. The predicted octanol–water partition coefficient (Wildman–Crippen LogP) is 3.01. The van der Waals surface area contributed by atoms with Crippen LogP contribution in [-0.4, -0.2) is 19.2 Å². The van der Waals surface area contributed by atoms with Gasteiger partial charge in [-0.1, -0.05) is 25.5 Å². The molecule has 1 aliphatic carbocycles. The van der Waals surface area contributed by atoms with E-state index in [2.05, 4.69) is 31.3 Å². The first kappa shape index (κ1) is 12.4. The van der Waals surface area contributed by atoms with Crippen molar-refractivity contribution in [2.24, 2.45) is 5.92 Å². The Balaban J connectivity index is 1.79. The van der Waals surface area contributed by atoms with Crippen molar-refractivity contribution in [2.45, 2.75) is 45.2 Å². The van der Waals surface area contributed by atoms with Crippen molar-refractivity contribution < 1.29 is 4.74 Å². The number of nitrogens with one attached hydrogen (secondary N) is 1. The molecule has 94 valence electrons. The minimum Gasteiger partial charge on any atom is -0.497 e. The third-order valence-corrected chi connectivity index (χ3v) is 3.65. The predicted molar refractivity (Wildman–Crippen MR) is 71.5 cm³/mol. The zero-order valence-corrected chi connectivity index (χ0v) is 11.1. The Morgan fingerprint density at radius 1 is 1.35 bits per heavy atom. The van der Waals surface area contributed by atoms with E-state index >= 15 is 0 Å². The molecule has 0 spiro atoms. The average Bonchev–Trinajstić information content (AvgIpc) is 3.08. The third kappa shape index (κ3) is 3.47. The van der Waals surface area contributed by atoms with Crippen LogP contribution in [0.3, 0.4) is 0 Å². The molecule has 1 aliphatic rings. The van der Waals surface area contributed by atoms with Gasteiger partial charge in [-0.15, -0.1) is 0 Å². The van der Waals surface area contributed by atoms with Gasteiger partial charge in [0.25, 0.3) is 0 Å². The fourth-order valence-corrected chi connectivity index (χ4v) is 2.44. The van der Waals surface area contributed by atoms with E-state index in [4.69, 9.17) is 4.74 Å². The van der Waals surface area contributed by atoms with Crippen molar-refractivity contribution in [1.82, 2.24) is 5.32 Å². The Morgan fingerprint density at radius 3 is 2.59 bits per heavy atom. The van der Waals surface area contributed by atoms with Crippen LogP contribution in [0.4, 0.5) is 0 Å². The van der Waals surface area contributed by atoms with Crippen LogP contribution in [-0.2, 0) is 6.42 Å². The molecule has 0 aliphatic heterocycles. The largest absolute Gasteiger partial charge is 0.497 e. The molecular weight excluding hydrogens is 210 g/mol. The molecule has 0 aromatic heterocycles. The van der Waals surface area contributed by atoms with E-state index in [1.165, 1.54) is 18.4 Å². The van der Waals surface area contributed by atoms with Crippen LogP contribution in [0.15, 0.2) is 24.3 Å². The van der Waals surface area contributed by atoms with Gasteiger partial charge < -0.3 is 10.1 Å². The lowest BCUT2D eigenvalue weighted by Gasteiger charge is -2.14. The van der Waals surface area contributed by atoms with E-state index in [-0.39, 0.29) is 0 Å². The van der Waals surface area contributed by atoms with Gasteiger partial charge in [-0.25, -0.2) is 0 Å². The lowest BCUT2D eigenvalue weighted by atomic mass is 10.1. The first-order valence-corrected chi connectivity index (χ1v) is 6.62. The number of rotatable bonds is 6. The molecule has 0 amide bonds. The minimum absolute atomic E-state index is 0.560. The summed E-state index contributed by atoms with van der Waals surface area (Å²) >= 11 is 0. The van der Waals surface area contributed by atoms with Crippen molar-refractivity contribution in [2.75, 3.05) is 7.11 Å². The fraction of sp³-hybridized carbons (Fsp3) is 0.600. The second-order valence-electron chi connectivity index (χ2n) is 5.13. The van der Waals surface area contributed by atoms with Gasteiger partial charge in [-0.3, -0.25) is 0 Å². The second-order valence-corrected chi connectivity index (χ2v) is 5.13. The zero-order valence-electron chi connectivity index (χ0n) is 11.1. The van der Waals surface area contributed by atoms with E-state index in [1.54, 1.807) is 7.11 Å². The van der Waals surface area contributed by atoms with Crippen molar-refractivity contribution in [3.05, 3.63) is 29.8 Å². The summed E-state index contributed by atoms with van der Waals surface area (Å²) in [6.45, 7) is 4.55. The third-order valence-electron chi connectivity index (χ3n) is 3.65. The monoisotopic (exact) mass is 233 g/mol. The van der Waals surface area contributed by atoms with Gasteiger partial charge >= 0.3 is 0 Å². The summed E-state index contributed by atoms with van der Waals surface area (Å²) in [6, 6.07) is 9.71. The summed E-state index contributed by atoms with van der Waals surface area (Å²) in [6.07, 6.45) is 3.77. The van der Waals surface area contributed by atoms with Crippen molar-refractivity contribution >= 4 is 0 Å². The van der Waals surface area contributed by atoms with Gasteiger partial charge in [-0.05, 0) is 43.4 Å². The first-order chi connectivity index (χ1) is 8.22. The minimum atomic E-state index is 0.560. The van der Waals surface area contributed by atoms with Crippen molar-refractivity contribution in [1.29, 1.82) is 0 Å². The second kappa shape index (κ2) is 5.54. The van der Waals surface area contributed by atoms with Gasteiger partial charge in [0, 0.05) is 12.1 Å². The number of ether oxygens (including phenoxy) is 1. The molecule has 2 nitrogen and oxygen atoms in total. The summed E-state index contributed by atoms with van der Waals surface area (Å²) in [5.41, 5.74) is 1.37. The van der Waals surface area contributed by atoms with Gasteiger partial charge in [0.1, 0.15) is 5.75 Å². The highest BCUT2D eigenvalue weighted by Crippen LogP contribution is 2.33. The molecule has 2 heteroatoms. The lowest BCUT2D eigenvalue weighted by Crippen LogP contribution is -2.31. The SMILES string of the molecule is CCC1CC1NC(C)Cc1ccc(OC)cc1. The quantitative estimate of drug-likeness (QED) is 0.815. The van der Waals surface area contributed by atoms with E-state index in [0.717, 1.165) is 24.1 Å². The maximum absolute atomic E-state index is 5.16. The van der Waals surface area contributed by atoms with Crippen LogP contribution in [0.1, 0.15) is 32.3 Å². The molecule has 2 rings (SSSR count). The summed E-state index contributed by atoms with van der Waals surface area (Å²) < 4.78 is 5.16. The fourth-order valence-electron chi connectivity index (χ4n) is 2.44. The smallest absolute Gasteiger partial charge is 0.118 e. The number of methoxy groups -OCH3 is 1. The lowest BCUT2D eigenvalue weighted by molar-refractivity contribution is 0.414. The number of hydrogen-bond donors (Lipinski definition) is 1. The molecule has 17 heavy (non-hydrogen) atoms. The van der Waals surface area contributed by atoms with Crippen LogP contribution in [0.5, 0.6) is 5.75 Å². The highest BCUT2D eigenvalue weighted by Gasteiger charge is 2.35. The van der Waals surface area contributed by atoms with Crippen molar-refractivity contribution in [3.8, 4) is 5.75 Å². The van der Waals surface area contributed by atoms with Gasteiger partial charge in [-0.2, -0.15) is 0 Å². The van der Waals surface area contributed by atoms with Gasteiger partial charge in [0.2, 0.25) is 0 Å². The topological polar surface area (TPSA) is 21.3 Å². The maximum Gasteiger partial charge on any atom is 0.118 e. The highest BCUT2D eigenvalue weighted by atomic mass is 16.5. The molecule has 1 fully saturated rings. The van der Waals surface area contributed by atoms with E-state index in [1.807, 2.05) is 12.1 Å². The highest BCUT2D eigenvalue weighted by molar-refractivity contribution is 5.27. The Morgan fingerprint density at radius 2 is 2.06 bits per heavy atom. The summed E-state index contributed by atoms with van der Waals surface area (Å²) in [5.74, 6) is 1.86. The first-order valence-electron chi connectivity index (χ1n) is 6.62. The molecule has 0 saturated heterocycles. The molecule has 0 heterocycles. The number of benzene rings is 1. The normalized spacial score (nSPS) is 24.4. The van der Waals surface area contributed by atoms with Crippen LogP contribution in [0.2, 0.25) is 0 Å². The number of hydrogen-bond acceptors (Lipinski definition) is 2. The molecule has 0 radical (unpaired) electrons. The molecule has 0 bridgehead atoms. The molecule has 1 aromatic rings. The average molecular weight is 233 g/mol.